The summed E-state index contributed by atoms with van der Waals surface area (Å²) >= 11 is 0. The summed E-state index contributed by atoms with van der Waals surface area (Å²) in [7, 11) is 1.57. The second-order valence-electron chi connectivity index (χ2n) is 3.31. The van der Waals surface area contributed by atoms with Crippen molar-refractivity contribution >= 4 is 11.7 Å². The van der Waals surface area contributed by atoms with Crippen molar-refractivity contribution in [3.05, 3.63) is 11.6 Å². The number of phenolic OH excluding ortho intramolecular Hbond substituents is 3. The summed E-state index contributed by atoms with van der Waals surface area (Å²) in [4.78, 5) is 12.4. The lowest BCUT2D eigenvalue weighted by molar-refractivity contribution is 0.0696. The number of carboxylic acids is 1. The zero-order chi connectivity index (χ0) is 12.5. The first-order valence-corrected chi connectivity index (χ1v) is 4.62. The third kappa shape index (κ3) is 1.81. The van der Waals surface area contributed by atoms with Gasteiger partial charge >= 0.3 is 5.97 Å². The maximum absolute atomic E-state index is 10.9. The number of aromatic carboxylic acids is 1. The number of rotatable bonds is 3. The van der Waals surface area contributed by atoms with Crippen LogP contribution in [0.3, 0.4) is 0 Å². The summed E-state index contributed by atoms with van der Waals surface area (Å²) in [6, 6.07) is 0.902. The van der Waals surface area contributed by atoms with Gasteiger partial charge in [-0.2, -0.15) is 0 Å². The summed E-state index contributed by atoms with van der Waals surface area (Å²) in [6.07, 6.45) is 0. The lowest BCUT2D eigenvalue weighted by Crippen LogP contribution is -2.19. The zero-order valence-electron chi connectivity index (χ0n) is 8.93. The number of aromatic hydroxyl groups is 3. The molecule has 0 saturated heterocycles. The highest BCUT2D eigenvalue weighted by atomic mass is 16.4. The molecule has 0 radical (unpaired) electrons. The van der Waals surface area contributed by atoms with Gasteiger partial charge in [0.15, 0.2) is 11.5 Å². The third-order valence-electron chi connectivity index (χ3n) is 2.31. The molecule has 0 aliphatic heterocycles. The van der Waals surface area contributed by atoms with Crippen LogP contribution in [0.5, 0.6) is 17.2 Å². The van der Waals surface area contributed by atoms with E-state index in [1.165, 1.54) is 4.90 Å². The Morgan fingerprint density at radius 3 is 2.31 bits per heavy atom. The molecular weight excluding hydrogens is 214 g/mol. The number of anilines is 1. The molecule has 0 heterocycles. The number of carboxylic acid groups (broad SMARTS) is 1. The number of carbonyl (C=O) groups is 1. The van der Waals surface area contributed by atoms with Crippen LogP contribution in [0.4, 0.5) is 5.69 Å². The van der Waals surface area contributed by atoms with Crippen LogP contribution in [0.25, 0.3) is 0 Å². The van der Waals surface area contributed by atoms with Gasteiger partial charge in [-0.15, -0.1) is 0 Å². The monoisotopic (exact) mass is 227 g/mol. The highest BCUT2D eigenvalue weighted by molar-refractivity contribution is 5.98. The predicted octanol–water partition coefficient (Wildman–Crippen LogP) is 0.958. The van der Waals surface area contributed by atoms with Gasteiger partial charge in [0.1, 0.15) is 0 Å². The zero-order valence-corrected chi connectivity index (χ0v) is 8.93. The van der Waals surface area contributed by atoms with Crippen LogP contribution in [-0.4, -0.2) is 40.0 Å². The fraction of sp³-hybridized carbons (Fsp3) is 0.300. The van der Waals surface area contributed by atoms with Crippen molar-refractivity contribution < 1.29 is 25.2 Å². The molecule has 0 unspecified atom stereocenters. The van der Waals surface area contributed by atoms with Crippen molar-refractivity contribution in [2.45, 2.75) is 6.92 Å². The van der Waals surface area contributed by atoms with Crippen molar-refractivity contribution in [1.29, 1.82) is 0 Å². The molecule has 0 aliphatic rings. The first-order chi connectivity index (χ1) is 7.40. The predicted molar refractivity (Wildman–Crippen MR) is 57.3 cm³/mol. The van der Waals surface area contributed by atoms with Gasteiger partial charge in [-0.1, -0.05) is 0 Å². The Bertz CT molecular complexity index is 430. The summed E-state index contributed by atoms with van der Waals surface area (Å²) in [5.41, 5.74) is -0.289. The highest BCUT2D eigenvalue weighted by Crippen LogP contribution is 2.44. The fourth-order valence-corrected chi connectivity index (χ4v) is 1.34. The molecular formula is C10H13NO5. The van der Waals surface area contributed by atoms with E-state index in [4.69, 9.17) is 5.11 Å². The van der Waals surface area contributed by atoms with Crippen molar-refractivity contribution in [3.8, 4) is 17.2 Å². The average Bonchev–Trinajstić information content (AvgIpc) is 2.24. The van der Waals surface area contributed by atoms with Gasteiger partial charge in [-0.25, -0.2) is 4.79 Å². The van der Waals surface area contributed by atoms with E-state index in [0.29, 0.717) is 6.54 Å². The molecule has 1 aromatic carbocycles. The minimum atomic E-state index is -1.29. The number of hydrogen-bond donors (Lipinski definition) is 4. The first-order valence-electron chi connectivity index (χ1n) is 4.62. The van der Waals surface area contributed by atoms with Crippen LogP contribution in [0.15, 0.2) is 6.07 Å². The van der Waals surface area contributed by atoms with E-state index in [1.807, 2.05) is 0 Å². The Labute approximate surface area is 92.0 Å². The minimum absolute atomic E-state index is 0.0229. The van der Waals surface area contributed by atoms with E-state index in [-0.39, 0.29) is 11.3 Å². The average molecular weight is 227 g/mol. The Kier molecular flexibility index (Phi) is 3.12. The second-order valence-corrected chi connectivity index (χ2v) is 3.31. The second kappa shape index (κ2) is 4.18. The summed E-state index contributed by atoms with van der Waals surface area (Å²) < 4.78 is 0. The number of phenols is 3. The smallest absolute Gasteiger partial charge is 0.338 e. The van der Waals surface area contributed by atoms with E-state index < -0.39 is 23.2 Å². The fourth-order valence-electron chi connectivity index (χ4n) is 1.34. The Morgan fingerprint density at radius 1 is 1.31 bits per heavy atom. The molecule has 6 heteroatoms. The van der Waals surface area contributed by atoms with Gasteiger partial charge in [0.25, 0.3) is 0 Å². The summed E-state index contributed by atoms with van der Waals surface area (Å²) in [6.45, 7) is 2.20. The lowest BCUT2D eigenvalue weighted by Gasteiger charge is -2.21. The highest BCUT2D eigenvalue weighted by Gasteiger charge is 2.23. The van der Waals surface area contributed by atoms with Gasteiger partial charge in [0.05, 0.1) is 11.3 Å². The first kappa shape index (κ1) is 12.0. The van der Waals surface area contributed by atoms with E-state index in [2.05, 4.69) is 0 Å². The molecule has 6 nitrogen and oxygen atoms in total. The topological polar surface area (TPSA) is 101 Å². The Morgan fingerprint density at radius 2 is 1.88 bits per heavy atom. The van der Waals surface area contributed by atoms with Crippen LogP contribution < -0.4 is 4.90 Å². The van der Waals surface area contributed by atoms with Crippen molar-refractivity contribution in [1.82, 2.24) is 0 Å². The molecule has 4 N–H and O–H groups in total. The van der Waals surface area contributed by atoms with Crippen molar-refractivity contribution in [2.75, 3.05) is 18.5 Å². The molecule has 0 aliphatic carbocycles. The quantitative estimate of drug-likeness (QED) is 0.574. The van der Waals surface area contributed by atoms with Crippen LogP contribution >= 0.6 is 0 Å². The normalized spacial score (nSPS) is 10.1. The molecule has 1 rings (SSSR count). The Balaban J connectivity index is 3.54. The third-order valence-corrected chi connectivity index (χ3v) is 2.31. The van der Waals surface area contributed by atoms with Crippen LogP contribution in [0.1, 0.15) is 17.3 Å². The largest absolute Gasteiger partial charge is 0.504 e. The van der Waals surface area contributed by atoms with Gasteiger partial charge in [0, 0.05) is 19.7 Å². The molecule has 88 valence electrons. The molecule has 1 aromatic rings. The van der Waals surface area contributed by atoms with Crippen LogP contribution in [0.2, 0.25) is 0 Å². The maximum atomic E-state index is 10.9. The number of hydrogen-bond acceptors (Lipinski definition) is 5. The molecule has 16 heavy (non-hydrogen) atoms. The molecule has 0 aromatic heterocycles. The van der Waals surface area contributed by atoms with Crippen molar-refractivity contribution in [2.24, 2.45) is 0 Å². The van der Waals surface area contributed by atoms with E-state index in [1.54, 1.807) is 14.0 Å². The van der Waals surface area contributed by atoms with Gasteiger partial charge in [-0.3, -0.25) is 0 Å². The summed E-state index contributed by atoms with van der Waals surface area (Å²) in [5, 5.41) is 37.0. The van der Waals surface area contributed by atoms with Gasteiger partial charge in [0.2, 0.25) is 5.75 Å². The van der Waals surface area contributed by atoms with Crippen LogP contribution in [-0.2, 0) is 0 Å². The van der Waals surface area contributed by atoms with Gasteiger partial charge < -0.3 is 25.3 Å². The Hall–Kier alpha value is -2.11. The number of nitrogens with zero attached hydrogens (tertiary/aromatic N) is 1. The van der Waals surface area contributed by atoms with E-state index >= 15 is 0 Å². The van der Waals surface area contributed by atoms with Crippen LogP contribution in [0, 0.1) is 0 Å². The molecule has 0 spiro atoms. The molecule has 0 bridgehead atoms. The maximum Gasteiger partial charge on any atom is 0.338 e. The van der Waals surface area contributed by atoms with Gasteiger partial charge in [-0.05, 0) is 6.92 Å². The minimum Gasteiger partial charge on any atom is -0.504 e. The molecule has 0 atom stereocenters. The SMILES string of the molecule is CCN(C)c1c(C(=O)O)cc(O)c(O)c1O. The molecule has 0 fully saturated rings. The lowest BCUT2D eigenvalue weighted by atomic mass is 10.1. The number of benzene rings is 1. The standard InChI is InChI=1S/C10H13NO5/c1-3-11(2)7-5(10(15)16)4-6(12)8(13)9(7)14/h4,12-14H,3H2,1-2H3,(H,15,16). The molecule has 0 saturated carbocycles. The van der Waals surface area contributed by atoms with E-state index in [0.717, 1.165) is 6.07 Å². The van der Waals surface area contributed by atoms with E-state index in [9.17, 15) is 20.1 Å². The summed E-state index contributed by atoms with van der Waals surface area (Å²) in [5.74, 6) is -3.31. The molecule has 0 amide bonds. The van der Waals surface area contributed by atoms with Crippen molar-refractivity contribution in [3.63, 3.8) is 0 Å².